The van der Waals surface area contributed by atoms with Gasteiger partial charge in [0.25, 0.3) is 0 Å². The number of hydrogen-bond acceptors (Lipinski definition) is 3. The molecule has 2 aromatic rings. The summed E-state index contributed by atoms with van der Waals surface area (Å²) in [5.41, 5.74) is 1.99. The van der Waals surface area contributed by atoms with Crippen molar-refractivity contribution in [3.8, 4) is 0 Å². The van der Waals surface area contributed by atoms with E-state index in [1.807, 2.05) is 40.3 Å². The van der Waals surface area contributed by atoms with Crippen molar-refractivity contribution in [3.63, 3.8) is 0 Å². The topological polar surface area (TPSA) is 44.9 Å². The van der Waals surface area contributed by atoms with Gasteiger partial charge in [0.05, 0.1) is 27.4 Å². The molecule has 0 spiro atoms. The van der Waals surface area contributed by atoms with Gasteiger partial charge in [0.1, 0.15) is 5.69 Å². The van der Waals surface area contributed by atoms with Crippen LogP contribution in [0.2, 0.25) is 0 Å². The van der Waals surface area contributed by atoms with Crippen molar-refractivity contribution in [2.75, 3.05) is 0 Å². The Bertz CT molecular complexity index is 566. The third-order valence-electron chi connectivity index (χ3n) is 2.39. The van der Waals surface area contributed by atoms with Gasteiger partial charge in [0, 0.05) is 31.8 Å². The van der Waals surface area contributed by atoms with Crippen LogP contribution in [0.5, 0.6) is 0 Å². The first kappa shape index (κ1) is 18.9. The van der Waals surface area contributed by atoms with Crippen LogP contribution in [-0.4, -0.2) is 25.7 Å². The van der Waals surface area contributed by atoms with Gasteiger partial charge < -0.3 is 4.74 Å². The van der Waals surface area contributed by atoms with Crippen LogP contribution in [0.3, 0.4) is 0 Å². The number of nitrogens with zero attached hydrogens (tertiary/aromatic N) is 4. The maximum Gasteiger partial charge on any atom is 0.102 e. The van der Waals surface area contributed by atoms with Crippen LogP contribution in [0.1, 0.15) is 25.2 Å². The summed E-state index contributed by atoms with van der Waals surface area (Å²) < 4.78 is 11.0. The normalized spacial score (nSPS) is 10.7. The molecule has 2 heterocycles. The number of hydrogen-bond donors (Lipinski definition) is 0. The van der Waals surface area contributed by atoms with E-state index in [0.29, 0.717) is 6.61 Å². The quantitative estimate of drug-likeness (QED) is 0.609. The van der Waals surface area contributed by atoms with Crippen molar-refractivity contribution in [2.24, 2.45) is 14.1 Å². The lowest BCUT2D eigenvalue weighted by atomic mass is 10.4. The van der Waals surface area contributed by atoms with Crippen molar-refractivity contribution >= 4 is 47.8 Å². The number of rotatable bonds is 4. The minimum Gasteiger partial charge on any atom is -0.372 e. The molecule has 0 saturated carbocycles. The van der Waals surface area contributed by atoms with Crippen LogP contribution >= 0.6 is 47.8 Å². The molecule has 0 aliphatic carbocycles. The van der Waals surface area contributed by atoms with E-state index >= 15 is 0 Å². The van der Waals surface area contributed by atoms with Crippen molar-refractivity contribution in [1.29, 1.82) is 0 Å². The van der Waals surface area contributed by atoms with Gasteiger partial charge in [-0.1, -0.05) is 15.9 Å². The molecule has 0 N–H and O–H groups in total. The van der Waals surface area contributed by atoms with E-state index in [4.69, 9.17) is 4.74 Å². The van der Waals surface area contributed by atoms with Crippen molar-refractivity contribution in [3.05, 3.63) is 32.7 Å². The van der Waals surface area contributed by atoms with Gasteiger partial charge in [0.15, 0.2) is 0 Å². The fourth-order valence-corrected chi connectivity index (χ4v) is 3.24. The molecule has 5 nitrogen and oxygen atoms in total. The zero-order valence-corrected chi connectivity index (χ0v) is 17.2. The summed E-state index contributed by atoms with van der Waals surface area (Å²) in [7, 11) is 3.79. The Labute approximate surface area is 150 Å². The lowest BCUT2D eigenvalue weighted by molar-refractivity contribution is 0.0630. The van der Waals surface area contributed by atoms with Gasteiger partial charge in [-0.25, -0.2) is 0 Å². The van der Waals surface area contributed by atoms with Crippen LogP contribution in [0.4, 0.5) is 0 Å². The summed E-state index contributed by atoms with van der Waals surface area (Å²) in [5.74, 6) is 0. The van der Waals surface area contributed by atoms with Gasteiger partial charge in [-0.15, -0.1) is 0 Å². The fourth-order valence-electron chi connectivity index (χ4n) is 1.45. The minimum absolute atomic E-state index is 0.249. The fraction of sp³-hybridized carbons (Fsp3) is 0.538. The van der Waals surface area contributed by atoms with E-state index in [1.54, 1.807) is 9.36 Å². The summed E-state index contributed by atoms with van der Waals surface area (Å²) in [4.78, 5) is 0. The summed E-state index contributed by atoms with van der Waals surface area (Å²) in [5, 5.41) is 9.18. The zero-order valence-electron chi connectivity index (χ0n) is 12.5. The Kier molecular flexibility index (Phi) is 8.15. The Morgan fingerprint density at radius 2 is 1.52 bits per heavy atom. The standard InChI is InChI=1S/C8H13BrN2O.C5H6Br2N2/c1-6(2)12-5-8-7(9)4-11(3)10-8;1-9-3-4(7)5(2-6)8-9/h4,6H,5H2,1-3H3;3H,2H2,1H3. The first-order chi connectivity index (χ1) is 9.83. The second-order valence-electron chi connectivity index (χ2n) is 4.69. The van der Waals surface area contributed by atoms with Gasteiger partial charge >= 0.3 is 0 Å². The van der Waals surface area contributed by atoms with E-state index in [-0.39, 0.29) is 6.10 Å². The van der Waals surface area contributed by atoms with Gasteiger partial charge in [-0.3, -0.25) is 9.36 Å². The molecule has 0 saturated heterocycles. The predicted octanol–water partition coefficient (Wildman–Crippen LogP) is 4.19. The molecule has 0 amide bonds. The molecule has 0 atom stereocenters. The lowest BCUT2D eigenvalue weighted by Crippen LogP contribution is -2.03. The molecule has 0 unspecified atom stereocenters. The predicted molar refractivity (Wildman–Crippen MR) is 94.4 cm³/mol. The Morgan fingerprint density at radius 3 is 1.81 bits per heavy atom. The molecule has 0 bridgehead atoms. The minimum atomic E-state index is 0.249. The molecule has 2 rings (SSSR count). The van der Waals surface area contributed by atoms with Crippen LogP contribution in [-0.2, 0) is 30.8 Å². The molecule has 118 valence electrons. The van der Waals surface area contributed by atoms with Crippen LogP contribution in [0.25, 0.3) is 0 Å². The molecule has 0 aliphatic rings. The first-order valence-electron chi connectivity index (χ1n) is 6.37. The molecular weight excluding hydrogens is 468 g/mol. The highest BCUT2D eigenvalue weighted by atomic mass is 79.9. The average molecular weight is 487 g/mol. The third-order valence-corrected chi connectivity index (χ3v) is 4.24. The van der Waals surface area contributed by atoms with Crippen LogP contribution in [0, 0.1) is 0 Å². The van der Waals surface area contributed by atoms with Gasteiger partial charge in [-0.2, -0.15) is 10.2 Å². The number of aromatic nitrogens is 4. The molecule has 0 fully saturated rings. The average Bonchev–Trinajstić information content (AvgIpc) is 2.89. The second kappa shape index (κ2) is 9.07. The summed E-state index contributed by atoms with van der Waals surface area (Å²) in [6, 6.07) is 0. The maximum absolute atomic E-state index is 5.42. The van der Waals surface area contributed by atoms with E-state index in [2.05, 4.69) is 58.0 Å². The Morgan fingerprint density at radius 1 is 1.05 bits per heavy atom. The van der Waals surface area contributed by atoms with Crippen molar-refractivity contribution in [1.82, 2.24) is 19.6 Å². The monoisotopic (exact) mass is 484 g/mol. The molecule has 0 radical (unpaired) electrons. The number of alkyl halides is 1. The highest BCUT2D eigenvalue weighted by Crippen LogP contribution is 2.16. The van der Waals surface area contributed by atoms with E-state index in [9.17, 15) is 0 Å². The Hall–Kier alpha value is -0.180. The zero-order chi connectivity index (χ0) is 16.0. The Balaban J connectivity index is 0.000000219. The largest absolute Gasteiger partial charge is 0.372 e. The molecule has 0 aromatic carbocycles. The van der Waals surface area contributed by atoms with Gasteiger partial charge in [-0.05, 0) is 45.7 Å². The lowest BCUT2D eigenvalue weighted by Gasteiger charge is -2.04. The smallest absolute Gasteiger partial charge is 0.102 e. The molecule has 2 aromatic heterocycles. The SMILES string of the molecule is CC(C)OCc1nn(C)cc1Br.Cn1cc(Br)c(CBr)n1. The van der Waals surface area contributed by atoms with Crippen molar-refractivity contribution < 1.29 is 4.74 Å². The number of ether oxygens (including phenoxy) is 1. The molecule has 8 heteroatoms. The van der Waals surface area contributed by atoms with E-state index in [0.717, 1.165) is 25.7 Å². The number of halogens is 3. The molecule has 21 heavy (non-hydrogen) atoms. The number of aryl methyl sites for hydroxylation is 2. The summed E-state index contributed by atoms with van der Waals surface area (Å²) in [6.45, 7) is 4.59. The first-order valence-corrected chi connectivity index (χ1v) is 9.07. The van der Waals surface area contributed by atoms with Crippen molar-refractivity contribution in [2.45, 2.75) is 31.9 Å². The third kappa shape index (κ3) is 6.63. The molecular formula is C13H19Br3N4O. The van der Waals surface area contributed by atoms with Crippen LogP contribution in [0.15, 0.2) is 21.3 Å². The van der Waals surface area contributed by atoms with E-state index < -0.39 is 0 Å². The van der Waals surface area contributed by atoms with Gasteiger partial charge in [0.2, 0.25) is 0 Å². The summed E-state index contributed by atoms with van der Waals surface area (Å²) in [6.07, 6.45) is 4.09. The molecule has 0 aliphatic heterocycles. The maximum atomic E-state index is 5.42. The van der Waals surface area contributed by atoms with E-state index in [1.165, 1.54) is 0 Å². The highest BCUT2D eigenvalue weighted by molar-refractivity contribution is 9.11. The second-order valence-corrected chi connectivity index (χ2v) is 6.96. The highest BCUT2D eigenvalue weighted by Gasteiger charge is 2.05. The van der Waals surface area contributed by atoms with Crippen LogP contribution < -0.4 is 0 Å². The summed E-state index contributed by atoms with van der Waals surface area (Å²) >= 11 is 10.1.